The summed E-state index contributed by atoms with van der Waals surface area (Å²) in [5.74, 6) is 0.761. The van der Waals surface area contributed by atoms with Crippen molar-refractivity contribution in [1.29, 1.82) is 0 Å². The SMILES string of the molecule is Cc1cc(C)c(OCC(=O)NCCN2CCNCC2)c(C)c1. The van der Waals surface area contributed by atoms with E-state index in [1.165, 1.54) is 5.56 Å². The van der Waals surface area contributed by atoms with E-state index in [4.69, 9.17) is 4.74 Å². The Bertz CT molecular complexity index is 488. The summed E-state index contributed by atoms with van der Waals surface area (Å²) < 4.78 is 5.69. The van der Waals surface area contributed by atoms with Crippen LogP contribution in [-0.4, -0.2) is 56.7 Å². The van der Waals surface area contributed by atoms with Crippen LogP contribution in [-0.2, 0) is 4.79 Å². The van der Waals surface area contributed by atoms with Crippen molar-refractivity contribution < 1.29 is 9.53 Å². The van der Waals surface area contributed by atoms with Crippen LogP contribution in [0.3, 0.4) is 0 Å². The molecule has 2 rings (SSSR count). The van der Waals surface area contributed by atoms with Crippen molar-refractivity contribution in [2.24, 2.45) is 0 Å². The van der Waals surface area contributed by atoms with Crippen molar-refractivity contribution in [3.05, 3.63) is 28.8 Å². The van der Waals surface area contributed by atoms with E-state index in [1.807, 2.05) is 13.8 Å². The van der Waals surface area contributed by atoms with Gasteiger partial charge in [0.2, 0.25) is 0 Å². The minimum atomic E-state index is -0.0606. The highest BCUT2D eigenvalue weighted by molar-refractivity contribution is 5.77. The smallest absolute Gasteiger partial charge is 0.257 e. The van der Waals surface area contributed by atoms with E-state index in [0.29, 0.717) is 6.54 Å². The van der Waals surface area contributed by atoms with Gasteiger partial charge in [-0.25, -0.2) is 0 Å². The quantitative estimate of drug-likeness (QED) is 0.824. The second-order valence-electron chi connectivity index (χ2n) is 5.96. The zero-order chi connectivity index (χ0) is 15.9. The van der Waals surface area contributed by atoms with Crippen molar-refractivity contribution in [3.63, 3.8) is 0 Å². The van der Waals surface area contributed by atoms with Gasteiger partial charge in [0.05, 0.1) is 0 Å². The molecule has 0 aliphatic carbocycles. The molecule has 122 valence electrons. The monoisotopic (exact) mass is 305 g/mol. The molecule has 2 N–H and O–H groups in total. The molecule has 1 aromatic rings. The van der Waals surface area contributed by atoms with Crippen molar-refractivity contribution in [2.75, 3.05) is 45.9 Å². The summed E-state index contributed by atoms with van der Waals surface area (Å²) in [6, 6.07) is 4.15. The molecule has 1 aromatic carbocycles. The number of amides is 1. The maximum Gasteiger partial charge on any atom is 0.257 e. The normalized spacial score (nSPS) is 15.6. The first-order valence-corrected chi connectivity index (χ1v) is 7.96. The minimum Gasteiger partial charge on any atom is -0.483 e. The number of piperazine rings is 1. The number of ether oxygens (including phenoxy) is 1. The third kappa shape index (κ3) is 5.00. The van der Waals surface area contributed by atoms with Crippen molar-refractivity contribution in [3.8, 4) is 5.75 Å². The number of nitrogens with zero attached hydrogens (tertiary/aromatic N) is 1. The number of hydrogen-bond acceptors (Lipinski definition) is 4. The largest absolute Gasteiger partial charge is 0.483 e. The number of aryl methyl sites for hydroxylation is 3. The highest BCUT2D eigenvalue weighted by atomic mass is 16.5. The lowest BCUT2D eigenvalue weighted by atomic mass is 10.1. The van der Waals surface area contributed by atoms with E-state index in [0.717, 1.165) is 49.6 Å². The Labute approximate surface area is 133 Å². The maximum atomic E-state index is 11.9. The van der Waals surface area contributed by atoms with Crippen molar-refractivity contribution >= 4 is 5.91 Å². The summed E-state index contributed by atoms with van der Waals surface area (Å²) in [7, 11) is 0. The Morgan fingerprint density at radius 1 is 1.23 bits per heavy atom. The molecular formula is C17H27N3O2. The van der Waals surface area contributed by atoms with Crippen LogP contribution in [0.15, 0.2) is 12.1 Å². The molecule has 1 heterocycles. The first-order chi connectivity index (χ1) is 10.6. The Kier molecular flexibility index (Phi) is 6.21. The summed E-state index contributed by atoms with van der Waals surface area (Å²) in [5, 5.41) is 6.24. The van der Waals surface area contributed by atoms with Gasteiger partial charge in [0, 0.05) is 39.3 Å². The molecule has 0 unspecified atom stereocenters. The molecule has 0 spiro atoms. The van der Waals surface area contributed by atoms with E-state index in [9.17, 15) is 4.79 Å². The second kappa shape index (κ2) is 8.15. The molecule has 0 radical (unpaired) electrons. The molecule has 0 bridgehead atoms. The average Bonchev–Trinajstić information content (AvgIpc) is 2.47. The number of hydrogen-bond donors (Lipinski definition) is 2. The standard InChI is InChI=1S/C17H27N3O2/c1-13-10-14(2)17(15(3)11-13)22-12-16(21)19-6-9-20-7-4-18-5-8-20/h10-11,18H,4-9,12H2,1-3H3,(H,19,21). The second-order valence-corrected chi connectivity index (χ2v) is 5.96. The van der Waals surface area contributed by atoms with Crippen LogP contribution in [0.1, 0.15) is 16.7 Å². The first kappa shape index (κ1) is 16.8. The lowest BCUT2D eigenvalue weighted by Gasteiger charge is -2.27. The minimum absolute atomic E-state index is 0.0606. The summed E-state index contributed by atoms with van der Waals surface area (Å²) in [6.45, 7) is 11.9. The molecule has 0 aromatic heterocycles. The van der Waals surface area contributed by atoms with E-state index in [-0.39, 0.29) is 12.5 Å². The molecule has 1 aliphatic heterocycles. The first-order valence-electron chi connectivity index (χ1n) is 7.96. The third-order valence-corrected chi connectivity index (χ3v) is 3.91. The van der Waals surface area contributed by atoms with Crippen LogP contribution in [0.25, 0.3) is 0 Å². The van der Waals surface area contributed by atoms with Gasteiger partial charge in [0.1, 0.15) is 5.75 Å². The number of nitrogens with one attached hydrogen (secondary N) is 2. The van der Waals surface area contributed by atoms with Gasteiger partial charge in [0.15, 0.2) is 6.61 Å². The highest BCUT2D eigenvalue weighted by Gasteiger charge is 2.11. The summed E-state index contributed by atoms with van der Waals surface area (Å²) in [4.78, 5) is 14.2. The predicted octanol–water partition coefficient (Wildman–Crippen LogP) is 1.01. The lowest BCUT2D eigenvalue weighted by Crippen LogP contribution is -2.46. The zero-order valence-corrected chi connectivity index (χ0v) is 13.9. The van der Waals surface area contributed by atoms with Gasteiger partial charge in [-0.1, -0.05) is 17.7 Å². The molecule has 1 aliphatic rings. The van der Waals surface area contributed by atoms with Crippen LogP contribution in [0.4, 0.5) is 0 Å². The molecular weight excluding hydrogens is 278 g/mol. The number of benzene rings is 1. The molecule has 5 heteroatoms. The number of carbonyl (C=O) groups is 1. The van der Waals surface area contributed by atoms with Crippen LogP contribution >= 0.6 is 0 Å². The maximum absolute atomic E-state index is 11.9. The summed E-state index contributed by atoms with van der Waals surface area (Å²) >= 11 is 0. The van der Waals surface area contributed by atoms with Crippen LogP contribution in [0.5, 0.6) is 5.75 Å². The van der Waals surface area contributed by atoms with Gasteiger partial charge in [-0.2, -0.15) is 0 Å². The molecule has 1 saturated heterocycles. The molecule has 1 amide bonds. The van der Waals surface area contributed by atoms with Gasteiger partial charge >= 0.3 is 0 Å². The fourth-order valence-corrected chi connectivity index (χ4v) is 2.87. The fraction of sp³-hybridized carbons (Fsp3) is 0.588. The Balaban J connectivity index is 1.71. The topological polar surface area (TPSA) is 53.6 Å². The Hall–Kier alpha value is -1.59. The summed E-state index contributed by atoms with van der Waals surface area (Å²) in [6.07, 6.45) is 0. The Morgan fingerprint density at radius 2 is 1.86 bits per heavy atom. The van der Waals surface area contributed by atoms with E-state index in [1.54, 1.807) is 0 Å². The fourth-order valence-electron chi connectivity index (χ4n) is 2.87. The molecule has 5 nitrogen and oxygen atoms in total. The van der Waals surface area contributed by atoms with Gasteiger partial charge in [-0.15, -0.1) is 0 Å². The van der Waals surface area contributed by atoms with Crippen molar-refractivity contribution in [2.45, 2.75) is 20.8 Å². The van der Waals surface area contributed by atoms with Crippen molar-refractivity contribution in [1.82, 2.24) is 15.5 Å². The van der Waals surface area contributed by atoms with Crippen LogP contribution in [0.2, 0.25) is 0 Å². The number of rotatable bonds is 6. The average molecular weight is 305 g/mol. The third-order valence-electron chi connectivity index (χ3n) is 3.91. The zero-order valence-electron chi connectivity index (χ0n) is 13.9. The molecule has 1 fully saturated rings. The van der Waals surface area contributed by atoms with Crippen LogP contribution < -0.4 is 15.4 Å². The van der Waals surface area contributed by atoms with Gasteiger partial charge < -0.3 is 15.4 Å². The molecule has 0 saturated carbocycles. The predicted molar refractivity (Wildman–Crippen MR) is 88.5 cm³/mol. The van der Waals surface area contributed by atoms with E-state index >= 15 is 0 Å². The van der Waals surface area contributed by atoms with Gasteiger partial charge in [-0.3, -0.25) is 9.69 Å². The van der Waals surface area contributed by atoms with E-state index < -0.39 is 0 Å². The lowest BCUT2D eigenvalue weighted by molar-refractivity contribution is -0.123. The highest BCUT2D eigenvalue weighted by Crippen LogP contribution is 2.24. The Morgan fingerprint density at radius 3 is 2.50 bits per heavy atom. The van der Waals surface area contributed by atoms with Gasteiger partial charge in [0.25, 0.3) is 5.91 Å². The van der Waals surface area contributed by atoms with Crippen LogP contribution in [0, 0.1) is 20.8 Å². The molecule has 0 atom stereocenters. The molecule has 22 heavy (non-hydrogen) atoms. The summed E-state index contributed by atoms with van der Waals surface area (Å²) in [5.41, 5.74) is 3.36. The van der Waals surface area contributed by atoms with E-state index in [2.05, 4.69) is 34.6 Å². The van der Waals surface area contributed by atoms with Gasteiger partial charge in [-0.05, 0) is 31.9 Å². The number of carbonyl (C=O) groups excluding carboxylic acids is 1.